The van der Waals surface area contributed by atoms with E-state index in [1.807, 2.05) is 6.92 Å². The van der Waals surface area contributed by atoms with Gasteiger partial charge in [0, 0.05) is 29.8 Å². The minimum Gasteiger partial charge on any atom is -0.493 e. The number of benzene rings is 2. The zero-order chi connectivity index (χ0) is 21.0. The second kappa shape index (κ2) is 8.64. The van der Waals surface area contributed by atoms with Crippen LogP contribution in [0.2, 0.25) is 0 Å². The van der Waals surface area contributed by atoms with E-state index in [2.05, 4.69) is 10.9 Å². The first-order valence-corrected chi connectivity index (χ1v) is 9.24. The predicted molar refractivity (Wildman–Crippen MR) is 107 cm³/mol. The van der Waals surface area contributed by atoms with Gasteiger partial charge in [0.25, 0.3) is 11.8 Å². The Morgan fingerprint density at radius 3 is 2.17 bits per heavy atom. The van der Waals surface area contributed by atoms with E-state index in [1.54, 1.807) is 35.2 Å². The Bertz CT molecular complexity index is 957. The summed E-state index contributed by atoms with van der Waals surface area (Å²) in [7, 11) is 2.98. The van der Waals surface area contributed by atoms with E-state index < -0.39 is 11.8 Å². The van der Waals surface area contributed by atoms with Crippen LogP contribution in [0.3, 0.4) is 0 Å². The van der Waals surface area contributed by atoms with E-state index in [0.717, 1.165) is 11.3 Å². The Labute approximate surface area is 168 Å². The van der Waals surface area contributed by atoms with Crippen molar-refractivity contribution in [3.05, 3.63) is 53.1 Å². The molecule has 8 heteroatoms. The quantitative estimate of drug-likeness (QED) is 0.753. The number of methoxy groups -OCH3 is 2. The highest BCUT2D eigenvalue weighted by Gasteiger charge is 2.24. The maximum atomic E-state index is 12.4. The second-order valence-electron chi connectivity index (χ2n) is 6.47. The van der Waals surface area contributed by atoms with E-state index in [0.29, 0.717) is 42.0 Å². The molecule has 0 aromatic heterocycles. The molecule has 3 rings (SSSR count). The van der Waals surface area contributed by atoms with Crippen molar-refractivity contribution in [3.8, 4) is 11.5 Å². The predicted octanol–water partition coefficient (Wildman–Crippen LogP) is 2.08. The van der Waals surface area contributed by atoms with E-state index in [9.17, 15) is 14.4 Å². The second-order valence-corrected chi connectivity index (χ2v) is 6.47. The monoisotopic (exact) mass is 397 g/mol. The summed E-state index contributed by atoms with van der Waals surface area (Å²) >= 11 is 0. The summed E-state index contributed by atoms with van der Waals surface area (Å²) < 4.78 is 10.3. The number of hydrogen-bond donors (Lipinski definition) is 2. The lowest BCUT2D eigenvalue weighted by Gasteiger charge is -2.16. The van der Waals surface area contributed by atoms with Gasteiger partial charge in [0.15, 0.2) is 11.5 Å². The fourth-order valence-electron chi connectivity index (χ4n) is 3.23. The van der Waals surface area contributed by atoms with E-state index in [1.165, 1.54) is 20.3 Å². The molecule has 0 radical (unpaired) electrons. The highest BCUT2D eigenvalue weighted by molar-refractivity contribution is 6.01. The normalized spacial score (nSPS) is 12.2. The number of nitrogens with zero attached hydrogens (tertiary/aromatic N) is 1. The molecule has 0 fully saturated rings. The number of fused-ring (bicyclic) bond motifs is 1. The third-order valence-corrected chi connectivity index (χ3v) is 4.78. The van der Waals surface area contributed by atoms with Gasteiger partial charge < -0.3 is 14.4 Å². The average Bonchev–Trinajstić information content (AvgIpc) is 3.19. The van der Waals surface area contributed by atoms with Crippen LogP contribution in [-0.4, -0.2) is 38.5 Å². The standard InChI is InChI=1S/C21H23N3O5/c1-4-19(25)24-10-9-13-11-14(5-7-16(13)24)20(26)22-23-21(27)15-6-8-17(28-2)18(12-15)29-3/h5-8,11-12H,4,9-10H2,1-3H3,(H,22,26)(H,23,27). The average molecular weight is 397 g/mol. The first kappa shape index (κ1) is 20.2. The number of ether oxygens (including phenoxy) is 2. The van der Waals surface area contributed by atoms with Gasteiger partial charge in [-0.15, -0.1) is 0 Å². The molecule has 0 aliphatic carbocycles. The number of carbonyl (C=O) groups is 3. The van der Waals surface area contributed by atoms with Crippen LogP contribution in [0.25, 0.3) is 0 Å². The lowest BCUT2D eigenvalue weighted by Crippen LogP contribution is -2.41. The van der Waals surface area contributed by atoms with Gasteiger partial charge in [-0.25, -0.2) is 0 Å². The number of rotatable bonds is 5. The molecular weight excluding hydrogens is 374 g/mol. The van der Waals surface area contributed by atoms with Crippen molar-refractivity contribution in [1.29, 1.82) is 0 Å². The first-order chi connectivity index (χ1) is 14.0. The van der Waals surface area contributed by atoms with Crippen LogP contribution in [0.4, 0.5) is 5.69 Å². The Kier molecular flexibility index (Phi) is 6.01. The number of hydrogen-bond acceptors (Lipinski definition) is 5. The zero-order valence-corrected chi connectivity index (χ0v) is 16.6. The van der Waals surface area contributed by atoms with Crippen molar-refractivity contribution in [2.45, 2.75) is 19.8 Å². The smallest absolute Gasteiger partial charge is 0.269 e. The molecular formula is C21H23N3O5. The van der Waals surface area contributed by atoms with Gasteiger partial charge in [-0.3, -0.25) is 25.2 Å². The van der Waals surface area contributed by atoms with Crippen LogP contribution in [0.5, 0.6) is 11.5 Å². The van der Waals surface area contributed by atoms with Crippen LogP contribution >= 0.6 is 0 Å². The molecule has 2 N–H and O–H groups in total. The summed E-state index contributed by atoms with van der Waals surface area (Å²) in [5.41, 5.74) is 7.29. The lowest BCUT2D eigenvalue weighted by atomic mass is 10.1. The summed E-state index contributed by atoms with van der Waals surface area (Å²) in [6, 6.07) is 9.85. The van der Waals surface area contributed by atoms with Crippen LogP contribution in [0.15, 0.2) is 36.4 Å². The molecule has 0 spiro atoms. The van der Waals surface area contributed by atoms with Crippen LogP contribution in [0.1, 0.15) is 39.6 Å². The van der Waals surface area contributed by atoms with Crippen molar-refractivity contribution >= 4 is 23.4 Å². The van der Waals surface area contributed by atoms with Crippen molar-refractivity contribution in [1.82, 2.24) is 10.9 Å². The van der Waals surface area contributed by atoms with E-state index in [4.69, 9.17) is 9.47 Å². The van der Waals surface area contributed by atoms with Crippen LogP contribution in [0, 0.1) is 0 Å². The maximum absolute atomic E-state index is 12.4. The van der Waals surface area contributed by atoms with E-state index in [-0.39, 0.29) is 5.91 Å². The minimum absolute atomic E-state index is 0.0585. The number of anilines is 1. The van der Waals surface area contributed by atoms with Gasteiger partial charge >= 0.3 is 0 Å². The number of nitrogens with one attached hydrogen (secondary N) is 2. The molecule has 1 aliphatic rings. The largest absolute Gasteiger partial charge is 0.493 e. The summed E-state index contributed by atoms with van der Waals surface area (Å²) in [5.74, 6) is 0.0447. The maximum Gasteiger partial charge on any atom is 0.269 e. The Hall–Kier alpha value is -3.55. The number of amides is 3. The van der Waals surface area contributed by atoms with Gasteiger partial charge in [0.05, 0.1) is 14.2 Å². The molecule has 8 nitrogen and oxygen atoms in total. The molecule has 152 valence electrons. The third-order valence-electron chi connectivity index (χ3n) is 4.78. The molecule has 0 saturated carbocycles. The highest BCUT2D eigenvalue weighted by Crippen LogP contribution is 2.29. The van der Waals surface area contributed by atoms with Gasteiger partial charge in [0.1, 0.15) is 0 Å². The van der Waals surface area contributed by atoms with Gasteiger partial charge in [-0.05, 0) is 48.4 Å². The number of carbonyl (C=O) groups excluding carboxylic acids is 3. The Balaban J connectivity index is 1.66. The van der Waals surface area contributed by atoms with Gasteiger partial charge in [0.2, 0.25) is 5.91 Å². The molecule has 3 amide bonds. The highest BCUT2D eigenvalue weighted by atomic mass is 16.5. The van der Waals surface area contributed by atoms with Crippen LogP contribution in [-0.2, 0) is 11.2 Å². The zero-order valence-electron chi connectivity index (χ0n) is 16.6. The molecule has 2 aromatic rings. The first-order valence-electron chi connectivity index (χ1n) is 9.24. The minimum atomic E-state index is -0.486. The van der Waals surface area contributed by atoms with Crippen molar-refractivity contribution < 1.29 is 23.9 Å². The Morgan fingerprint density at radius 1 is 0.931 bits per heavy atom. The fraction of sp³-hybridized carbons (Fsp3) is 0.286. The summed E-state index contributed by atoms with van der Waals surface area (Å²) in [6.45, 7) is 2.44. The molecule has 0 atom stereocenters. The van der Waals surface area contributed by atoms with E-state index >= 15 is 0 Å². The Morgan fingerprint density at radius 2 is 1.55 bits per heavy atom. The lowest BCUT2D eigenvalue weighted by molar-refractivity contribution is -0.118. The molecule has 29 heavy (non-hydrogen) atoms. The fourth-order valence-corrected chi connectivity index (χ4v) is 3.23. The molecule has 0 bridgehead atoms. The molecule has 1 aliphatic heterocycles. The van der Waals surface area contributed by atoms with Gasteiger partial charge in [-0.2, -0.15) is 0 Å². The SMILES string of the molecule is CCC(=O)N1CCc2cc(C(=O)NNC(=O)c3ccc(OC)c(OC)c3)ccc21. The summed E-state index contributed by atoms with van der Waals surface area (Å²) in [4.78, 5) is 38.5. The number of hydrazine groups is 1. The van der Waals surface area contributed by atoms with Crippen molar-refractivity contribution in [2.75, 3.05) is 25.7 Å². The summed E-state index contributed by atoms with van der Waals surface area (Å²) in [5, 5.41) is 0. The topological polar surface area (TPSA) is 97.0 Å². The molecule has 0 saturated heterocycles. The molecule has 2 aromatic carbocycles. The van der Waals surface area contributed by atoms with Crippen molar-refractivity contribution in [2.24, 2.45) is 0 Å². The molecule has 0 unspecified atom stereocenters. The van der Waals surface area contributed by atoms with Crippen molar-refractivity contribution in [3.63, 3.8) is 0 Å². The van der Waals surface area contributed by atoms with Crippen LogP contribution < -0.4 is 25.2 Å². The van der Waals surface area contributed by atoms with Gasteiger partial charge in [-0.1, -0.05) is 6.92 Å². The summed E-state index contributed by atoms with van der Waals surface area (Å²) in [6.07, 6.45) is 1.13. The third kappa shape index (κ3) is 4.16. The molecule has 1 heterocycles.